The minimum atomic E-state index is -0.563. The molecule has 0 aliphatic heterocycles. The fourth-order valence-electron chi connectivity index (χ4n) is 4.85. The second-order valence-corrected chi connectivity index (χ2v) is 10.6. The van der Waals surface area contributed by atoms with Crippen LogP contribution in [-0.4, -0.2) is 30.2 Å². The van der Waals surface area contributed by atoms with E-state index in [1.54, 1.807) is 0 Å². The highest BCUT2D eigenvalue weighted by Gasteiger charge is 2.59. The first kappa shape index (κ1) is 14.9. The molecule has 4 aliphatic rings. The number of rotatable bonds is 4. The predicted octanol–water partition coefficient (Wildman–Crippen LogP) is 3.18. The summed E-state index contributed by atoms with van der Waals surface area (Å²) in [7, 11) is 0. The van der Waals surface area contributed by atoms with Gasteiger partial charge in [0.2, 0.25) is 0 Å². The summed E-state index contributed by atoms with van der Waals surface area (Å²) < 4.78 is 9.70. The molecule has 3 nitrogen and oxygen atoms in total. The minimum absolute atomic E-state index is 0.0617. The van der Waals surface area contributed by atoms with E-state index in [2.05, 4.69) is 4.51 Å². The van der Waals surface area contributed by atoms with E-state index >= 15 is 0 Å². The van der Waals surface area contributed by atoms with Crippen LogP contribution in [0.15, 0.2) is 0 Å². The van der Waals surface area contributed by atoms with Gasteiger partial charge >= 0.3 is 5.97 Å². The molecule has 0 saturated heterocycles. The maximum atomic E-state index is 12.6. The molecule has 0 spiro atoms. The van der Waals surface area contributed by atoms with Crippen LogP contribution in [-0.2, 0) is 9.53 Å². The molecule has 4 aliphatic carbocycles. The third-order valence-electron chi connectivity index (χ3n) is 5.67. The number of carbonyl (C=O) groups is 1. The molecular weight excluding hydrogens is 367 g/mol. The van der Waals surface area contributed by atoms with Gasteiger partial charge in [-0.25, -0.2) is 0 Å². The summed E-state index contributed by atoms with van der Waals surface area (Å²) in [6, 6.07) is 0. The summed E-state index contributed by atoms with van der Waals surface area (Å²) in [5, 5.41) is 10.7. The Morgan fingerprint density at radius 1 is 1.40 bits per heavy atom. The summed E-state index contributed by atoms with van der Waals surface area (Å²) in [5.41, 5.74) is -0.933. The van der Waals surface area contributed by atoms with Crippen LogP contribution in [0.2, 0.25) is 0 Å². The fraction of sp³-hybridized carbons (Fsp3) is 0.875. The molecule has 1 N–H and O–H groups in total. The van der Waals surface area contributed by atoms with Crippen LogP contribution in [0, 0.1) is 11.8 Å². The fourth-order valence-corrected chi connectivity index (χ4v) is 5.81. The Morgan fingerprint density at radius 3 is 2.45 bits per heavy atom. The first-order valence-corrected chi connectivity index (χ1v) is 10.3. The molecule has 0 heterocycles. The number of hydrogen-bond donors (Lipinski definition) is 1. The van der Waals surface area contributed by atoms with Crippen LogP contribution in [0.4, 0.5) is 0 Å². The lowest BCUT2D eigenvalue weighted by atomic mass is 9.52. The van der Waals surface area contributed by atoms with Gasteiger partial charge in [-0.1, -0.05) is 11.4 Å². The molecule has 114 valence electrons. The van der Waals surface area contributed by atoms with Crippen LogP contribution >= 0.6 is 20.7 Å². The average Bonchev–Trinajstić information content (AvgIpc) is 2.34. The summed E-state index contributed by atoms with van der Waals surface area (Å²) >= 11 is -0.433. The number of halogens is 1. The van der Waals surface area contributed by atoms with Crippen molar-refractivity contribution in [3.8, 4) is 0 Å². The quantitative estimate of drug-likeness (QED) is 0.454. The molecular formula is C16H25IO3. The van der Waals surface area contributed by atoms with E-state index in [1.165, 1.54) is 6.42 Å². The first-order valence-electron chi connectivity index (χ1n) is 7.67. The minimum Gasteiger partial charge on any atom is -0.458 e. The molecule has 4 bridgehead atoms. The molecule has 0 radical (unpaired) electrons. The summed E-state index contributed by atoms with van der Waals surface area (Å²) in [6.45, 7) is 4.03. The van der Waals surface area contributed by atoms with E-state index in [0.29, 0.717) is 18.3 Å². The second-order valence-electron chi connectivity index (χ2n) is 7.44. The normalized spacial score (nSPS) is 45.1. The van der Waals surface area contributed by atoms with Gasteiger partial charge in [0, 0.05) is 6.42 Å². The Labute approximate surface area is 131 Å². The molecule has 0 aromatic rings. The van der Waals surface area contributed by atoms with Crippen molar-refractivity contribution < 1.29 is 14.6 Å². The van der Waals surface area contributed by atoms with Gasteiger partial charge in [-0.2, -0.15) is 0 Å². The number of ether oxygens (including phenoxy) is 1. The largest absolute Gasteiger partial charge is 0.458 e. The number of carbonyl (C=O) groups excluding carboxylic acids is 1. The Hall–Kier alpha value is 0.0300. The molecule has 0 aromatic heterocycles. The number of aliphatic hydroxyl groups is 1. The zero-order valence-corrected chi connectivity index (χ0v) is 14.6. The highest BCUT2D eigenvalue weighted by atomic mass is 127. The van der Waals surface area contributed by atoms with Gasteiger partial charge in [0.05, 0.1) is 5.60 Å². The summed E-state index contributed by atoms with van der Waals surface area (Å²) in [6.07, 6.45) is 6.44. The van der Waals surface area contributed by atoms with Gasteiger partial charge in [0.15, 0.2) is 0 Å². The monoisotopic (exact) mass is 392 g/mol. The standard InChI is InChI=1S/C16H25IO3/c1-4-14(2,17-3)13(18)20-16-8-11-5-12(9-16)7-15(19,6-11)10-16/h11-12,19H,3-10H2,1-2H3. The highest BCUT2D eigenvalue weighted by molar-refractivity contribution is 14.2. The smallest absolute Gasteiger partial charge is 0.321 e. The van der Waals surface area contributed by atoms with Gasteiger partial charge in [-0.3, -0.25) is 4.79 Å². The molecule has 4 rings (SSSR count). The van der Waals surface area contributed by atoms with Crippen LogP contribution in [0.1, 0.15) is 58.8 Å². The molecule has 4 saturated carbocycles. The van der Waals surface area contributed by atoms with Gasteiger partial charge < -0.3 is 9.84 Å². The van der Waals surface area contributed by atoms with Crippen LogP contribution in [0.3, 0.4) is 0 Å². The Balaban J connectivity index is 1.80. The average molecular weight is 392 g/mol. The molecule has 20 heavy (non-hydrogen) atoms. The maximum absolute atomic E-state index is 12.6. The van der Waals surface area contributed by atoms with Crippen molar-refractivity contribution in [2.45, 2.75) is 73.4 Å². The zero-order valence-electron chi connectivity index (χ0n) is 12.5. The van der Waals surface area contributed by atoms with E-state index in [1.807, 2.05) is 13.8 Å². The lowest BCUT2D eigenvalue weighted by Crippen LogP contribution is -2.61. The van der Waals surface area contributed by atoms with Gasteiger partial charge in [0.1, 0.15) is 9.02 Å². The van der Waals surface area contributed by atoms with E-state index in [0.717, 1.165) is 32.1 Å². The number of esters is 1. The lowest BCUT2D eigenvalue weighted by Gasteiger charge is -2.59. The molecule has 0 aromatic carbocycles. The molecule has 4 fully saturated rings. The van der Waals surface area contributed by atoms with E-state index in [4.69, 9.17) is 4.74 Å². The Morgan fingerprint density at radius 2 is 2.00 bits per heavy atom. The maximum Gasteiger partial charge on any atom is 0.321 e. The topological polar surface area (TPSA) is 46.5 Å². The molecule has 3 unspecified atom stereocenters. The zero-order chi connectivity index (χ0) is 14.6. The highest BCUT2D eigenvalue weighted by Crippen LogP contribution is 2.59. The van der Waals surface area contributed by atoms with E-state index in [-0.39, 0.29) is 15.0 Å². The van der Waals surface area contributed by atoms with Crippen molar-refractivity contribution in [1.82, 2.24) is 0 Å². The summed E-state index contributed by atoms with van der Waals surface area (Å²) in [4.78, 5) is 12.6. The third kappa shape index (κ3) is 2.36. The SMILES string of the molecule is C=IC(C)(CC)C(=O)OC12CC3CC(CC(O)(C3)C1)C2. The van der Waals surface area contributed by atoms with Gasteiger partial charge in [-0.15, -0.1) is 20.7 Å². The Kier molecular flexibility index (Phi) is 3.56. The first-order chi connectivity index (χ1) is 9.32. The number of alkyl halides is 1. The lowest BCUT2D eigenvalue weighted by molar-refractivity contribution is -0.220. The van der Waals surface area contributed by atoms with E-state index < -0.39 is 26.3 Å². The Bertz CT molecular complexity index is 433. The molecule has 3 atom stereocenters. The van der Waals surface area contributed by atoms with Gasteiger partial charge in [0.25, 0.3) is 0 Å². The van der Waals surface area contributed by atoms with E-state index in [9.17, 15) is 9.90 Å². The van der Waals surface area contributed by atoms with Crippen LogP contribution in [0.5, 0.6) is 0 Å². The number of hydrogen-bond acceptors (Lipinski definition) is 3. The van der Waals surface area contributed by atoms with Crippen molar-refractivity contribution in [1.29, 1.82) is 0 Å². The van der Waals surface area contributed by atoms with Crippen LogP contribution in [0.25, 0.3) is 0 Å². The van der Waals surface area contributed by atoms with Crippen molar-refractivity contribution >= 4 is 31.2 Å². The van der Waals surface area contributed by atoms with Crippen molar-refractivity contribution in [3.63, 3.8) is 0 Å². The van der Waals surface area contributed by atoms with Crippen molar-refractivity contribution in [2.24, 2.45) is 11.8 Å². The molecule has 4 heteroatoms. The van der Waals surface area contributed by atoms with Crippen molar-refractivity contribution in [2.75, 3.05) is 0 Å². The second kappa shape index (κ2) is 4.77. The van der Waals surface area contributed by atoms with Gasteiger partial charge in [-0.05, 0) is 57.3 Å². The molecule has 0 amide bonds. The predicted molar refractivity (Wildman–Crippen MR) is 88.3 cm³/mol. The third-order valence-corrected chi connectivity index (χ3v) is 8.56. The van der Waals surface area contributed by atoms with Crippen molar-refractivity contribution in [3.05, 3.63) is 0 Å². The summed E-state index contributed by atoms with van der Waals surface area (Å²) in [5.74, 6) is 1.04. The van der Waals surface area contributed by atoms with Crippen LogP contribution < -0.4 is 0 Å².